The van der Waals surface area contributed by atoms with Crippen LogP contribution in [0.15, 0.2) is 192 Å². The predicted molar refractivity (Wildman–Crippen MR) is 247 cm³/mol. The zero-order valence-electron chi connectivity index (χ0n) is 34.1. The maximum atomic E-state index is 6.92. The van der Waals surface area contributed by atoms with Crippen LogP contribution in [-0.4, -0.2) is 23.3 Å². The summed E-state index contributed by atoms with van der Waals surface area (Å²) in [5, 5.41) is 1.09. The van der Waals surface area contributed by atoms with Gasteiger partial charge in [0.25, 0.3) is 0 Å². The van der Waals surface area contributed by atoms with Crippen LogP contribution in [0.5, 0.6) is 11.5 Å². The van der Waals surface area contributed by atoms with Gasteiger partial charge in [-0.25, -0.2) is 4.98 Å². The van der Waals surface area contributed by atoms with E-state index in [9.17, 15) is 0 Å². The monoisotopic (exact) mass is 796 g/mol. The van der Waals surface area contributed by atoms with E-state index >= 15 is 0 Å². The van der Waals surface area contributed by atoms with Gasteiger partial charge in [-0.3, -0.25) is 0 Å². The molecule has 0 fully saturated rings. The Balaban J connectivity index is 1.16. The van der Waals surface area contributed by atoms with Crippen molar-refractivity contribution in [3.63, 3.8) is 0 Å². The lowest BCUT2D eigenvalue weighted by molar-refractivity contribution is 0.482. The molecule has 1 unspecified atom stereocenters. The highest BCUT2D eigenvalue weighted by Crippen LogP contribution is 2.66. The summed E-state index contributed by atoms with van der Waals surface area (Å²) in [4.78, 5) is 12.2. The number of fused-ring (bicyclic) bond motifs is 9. The van der Waals surface area contributed by atoms with Gasteiger partial charge in [-0.15, -0.1) is 0 Å². The minimum absolute atomic E-state index is 0.116. The van der Waals surface area contributed by atoms with E-state index in [1.54, 1.807) is 0 Å². The highest BCUT2D eigenvalue weighted by atomic mass is 32.2. The van der Waals surface area contributed by atoms with Gasteiger partial charge in [0.1, 0.15) is 17.3 Å². The molecule has 0 bridgehead atoms. The highest BCUT2D eigenvalue weighted by Gasteiger charge is 2.54. The Labute approximate surface area is 355 Å². The minimum Gasteiger partial charge on any atom is -0.457 e. The third-order valence-corrected chi connectivity index (χ3v) is 13.4. The van der Waals surface area contributed by atoms with Gasteiger partial charge in [-0.05, 0) is 110 Å². The molecular weight excluding hydrogens is 753 g/mol. The van der Waals surface area contributed by atoms with E-state index in [1.807, 2.05) is 48.3 Å². The molecule has 3 aliphatic rings. The number of hydrogen-bond acceptors (Lipinski definition) is 5. The fourth-order valence-electron chi connectivity index (χ4n) is 9.68. The van der Waals surface area contributed by atoms with Crippen LogP contribution in [0.2, 0.25) is 0 Å². The van der Waals surface area contributed by atoms with Crippen LogP contribution in [-0.2, 0) is 10.8 Å². The first-order valence-electron chi connectivity index (χ1n) is 20.6. The van der Waals surface area contributed by atoms with Gasteiger partial charge in [0.2, 0.25) is 0 Å². The molecule has 5 nitrogen and oxygen atoms in total. The average molecular weight is 797 g/mol. The first-order chi connectivity index (χ1) is 29.3. The Kier molecular flexibility index (Phi) is 8.43. The Morgan fingerprint density at radius 2 is 1.42 bits per heavy atom. The van der Waals surface area contributed by atoms with Gasteiger partial charge >= 0.3 is 0 Å². The van der Waals surface area contributed by atoms with Crippen molar-refractivity contribution in [3.8, 4) is 28.4 Å². The molecule has 0 aliphatic carbocycles. The molecule has 11 rings (SSSR count). The number of anilines is 3. The summed E-state index contributed by atoms with van der Waals surface area (Å²) in [6.45, 7) is 7.80. The molecule has 1 spiro atoms. The zero-order valence-corrected chi connectivity index (χ0v) is 34.9. The molecule has 0 radical (unpaired) electrons. The van der Waals surface area contributed by atoms with Crippen LogP contribution in [0.4, 0.5) is 17.1 Å². The molecule has 5 heterocycles. The number of rotatable bonds is 4. The van der Waals surface area contributed by atoms with Gasteiger partial charge in [0.15, 0.2) is 0 Å². The number of para-hydroxylation sites is 2. The summed E-state index contributed by atoms with van der Waals surface area (Å²) in [5.74, 6) is 2.33. The number of hydrogen-bond donors (Lipinski definition) is 0. The van der Waals surface area contributed by atoms with Gasteiger partial charge < -0.3 is 19.1 Å². The number of aromatic nitrogens is 2. The number of pyridine rings is 1. The van der Waals surface area contributed by atoms with E-state index in [4.69, 9.17) is 9.72 Å². The molecule has 3 aliphatic heterocycles. The lowest BCUT2D eigenvalue weighted by atomic mass is 9.59. The van der Waals surface area contributed by atoms with Gasteiger partial charge in [-0.1, -0.05) is 136 Å². The summed E-state index contributed by atoms with van der Waals surface area (Å²) in [7, 11) is 2.21. The predicted octanol–water partition coefficient (Wildman–Crippen LogP) is 13.6. The van der Waals surface area contributed by atoms with Crippen LogP contribution < -0.4 is 14.5 Å². The molecular formula is C54H44N4OS. The number of ether oxygens (including phenoxy) is 1. The molecule has 0 saturated heterocycles. The molecule has 2 aromatic heterocycles. The summed E-state index contributed by atoms with van der Waals surface area (Å²) in [5.41, 5.74) is 13.0. The Hall–Kier alpha value is -6.76. The van der Waals surface area contributed by atoms with Crippen molar-refractivity contribution in [2.24, 2.45) is 0 Å². The largest absolute Gasteiger partial charge is 0.457 e. The van der Waals surface area contributed by atoms with Crippen molar-refractivity contribution < 1.29 is 4.74 Å². The van der Waals surface area contributed by atoms with Crippen molar-refractivity contribution in [2.75, 3.05) is 23.5 Å². The van der Waals surface area contributed by atoms with Gasteiger partial charge in [0.05, 0.1) is 34.7 Å². The molecule has 0 amide bonds. The standard InChI is InChI=1S/C54H44N4OS/c1-53(2,3)42-20-14-24-49-51(42)54(44-33-38(26-29-48(44)60-49)36-15-6-5-7-16-36)41-28-27-40(34-47(41)58-35-56(4)46-23-13-21-43(54)52(46)58)59-39-19-12-18-37-17-8-9-22-45(37)57(32-30-39)50-25-10-11-31-55-50/h5-34H,35H2,1-4H3. The first kappa shape index (κ1) is 36.3. The lowest BCUT2D eigenvalue weighted by Gasteiger charge is -2.49. The number of nitrogens with zero attached hydrogens (tertiary/aromatic N) is 4. The Morgan fingerprint density at radius 1 is 0.617 bits per heavy atom. The molecule has 8 aromatic rings. The van der Waals surface area contributed by atoms with Crippen molar-refractivity contribution >= 4 is 39.7 Å². The topological polar surface area (TPSA) is 33.5 Å². The fourth-order valence-corrected chi connectivity index (χ4v) is 10.9. The van der Waals surface area contributed by atoms with E-state index in [0.717, 1.165) is 40.6 Å². The zero-order chi connectivity index (χ0) is 40.6. The maximum absolute atomic E-state index is 6.92. The van der Waals surface area contributed by atoms with Crippen molar-refractivity contribution in [1.29, 1.82) is 0 Å². The van der Waals surface area contributed by atoms with Crippen LogP contribution in [0.1, 0.15) is 48.6 Å². The quantitative estimate of drug-likeness (QED) is 0.177. The van der Waals surface area contributed by atoms with E-state index in [2.05, 4.69) is 188 Å². The maximum Gasteiger partial charge on any atom is 0.137 e. The molecule has 1 atom stereocenters. The average Bonchev–Trinajstić information content (AvgIpc) is 3.65. The second-order valence-corrected chi connectivity index (χ2v) is 18.0. The molecule has 6 aromatic carbocycles. The summed E-state index contributed by atoms with van der Waals surface area (Å²) in [6, 6.07) is 61.2. The second-order valence-electron chi connectivity index (χ2n) is 16.9. The van der Waals surface area contributed by atoms with E-state index in [1.165, 1.54) is 60.1 Å². The van der Waals surface area contributed by atoms with Crippen molar-refractivity contribution in [2.45, 2.75) is 41.4 Å². The Morgan fingerprint density at radius 3 is 2.27 bits per heavy atom. The summed E-state index contributed by atoms with van der Waals surface area (Å²) in [6.07, 6.45) is 3.88. The molecule has 6 heteroatoms. The fraction of sp³-hybridized carbons (Fsp3) is 0.130. The third kappa shape index (κ3) is 5.65. The normalized spacial score (nSPS) is 15.9. The van der Waals surface area contributed by atoms with Gasteiger partial charge in [0, 0.05) is 35.3 Å². The molecule has 60 heavy (non-hydrogen) atoms. The van der Waals surface area contributed by atoms with E-state index in [0.29, 0.717) is 0 Å². The van der Waals surface area contributed by atoms with E-state index < -0.39 is 5.41 Å². The second kappa shape index (κ2) is 13.9. The highest BCUT2D eigenvalue weighted by molar-refractivity contribution is 7.99. The first-order valence-corrected chi connectivity index (χ1v) is 21.4. The van der Waals surface area contributed by atoms with Crippen molar-refractivity contribution in [3.05, 3.63) is 210 Å². The number of benzene rings is 6. The van der Waals surface area contributed by atoms with Crippen molar-refractivity contribution in [1.82, 2.24) is 9.55 Å². The lowest BCUT2D eigenvalue weighted by Crippen LogP contribution is -2.42. The SMILES string of the molecule is CN1CN2c3cc(Oc4cccc5ccccc5n(-c5ccccn5)cc4)ccc3C3(c4cc(-c5ccccc5)ccc4Sc4cccc(C(C)(C)C)c43)c3cccc1c32. The molecule has 0 N–H and O–H groups in total. The smallest absolute Gasteiger partial charge is 0.137 e. The summed E-state index contributed by atoms with van der Waals surface area (Å²) < 4.78 is 9.04. The molecule has 292 valence electrons. The van der Waals surface area contributed by atoms with Gasteiger partial charge in [-0.2, -0.15) is 0 Å². The summed E-state index contributed by atoms with van der Waals surface area (Å²) >= 11 is 1.90. The minimum atomic E-state index is -0.611. The van der Waals surface area contributed by atoms with E-state index in [-0.39, 0.29) is 5.41 Å². The van der Waals surface area contributed by atoms with Crippen LogP contribution >= 0.6 is 11.8 Å². The third-order valence-electron chi connectivity index (χ3n) is 12.3. The van der Waals surface area contributed by atoms with Crippen LogP contribution in [0.3, 0.4) is 0 Å². The molecule has 0 saturated carbocycles. The van der Waals surface area contributed by atoms with Crippen LogP contribution in [0.25, 0.3) is 27.8 Å². The Bertz CT molecular complexity index is 3040. The van der Waals surface area contributed by atoms with Crippen LogP contribution in [0, 0.1) is 0 Å².